The maximum atomic E-state index is 13.8. The zero-order valence-corrected chi connectivity index (χ0v) is 14.5. The van der Waals surface area contributed by atoms with Gasteiger partial charge in [-0.1, -0.05) is 49.0 Å². The molecule has 0 bridgehead atoms. The van der Waals surface area contributed by atoms with Crippen LogP contribution in [0.2, 0.25) is 0 Å². The lowest BCUT2D eigenvalue weighted by atomic mass is 10.2. The van der Waals surface area contributed by atoms with Crippen LogP contribution < -0.4 is 5.56 Å². The van der Waals surface area contributed by atoms with Crippen molar-refractivity contribution in [3.8, 4) is 0 Å². The number of aromatic nitrogens is 2. The summed E-state index contributed by atoms with van der Waals surface area (Å²) < 4.78 is 15.6. The van der Waals surface area contributed by atoms with E-state index in [4.69, 9.17) is 0 Å². The standard InChI is InChI=1S/C19H19FN2OS/c1-3-13(2)22-18(23)15-9-5-7-11-17(15)21-19(22)24-12-14-8-4-6-10-16(14)20/h4-11,13H,3,12H2,1-2H3/t13-/m1/s1. The normalized spacial score (nSPS) is 12.5. The van der Waals surface area contributed by atoms with Crippen LogP contribution in [0.15, 0.2) is 58.5 Å². The van der Waals surface area contributed by atoms with Crippen LogP contribution in [-0.4, -0.2) is 9.55 Å². The number of thioether (sulfide) groups is 1. The van der Waals surface area contributed by atoms with Gasteiger partial charge in [0.1, 0.15) is 5.82 Å². The predicted octanol–water partition coefficient (Wildman–Crippen LogP) is 4.80. The SMILES string of the molecule is CC[C@@H](C)n1c(SCc2ccccc2F)nc2ccccc2c1=O. The second-order valence-corrected chi connectivity index (χ2v) is 6.67. The van der Waals surface area contributed by atoms with E-state index in [1.54, 1.807) is 22.8 Å². The highest BCUT2D eigenvalue weighted by Gasteiger charge is 2.16. The Morgan fingerprint density at radius 1 is 1.17 bits per heavy atom. The van der Waals surface area contributed by atoms with E-state index in [9.17, 15) is 9.18 Å². The van der Waals surface area contributed by atoms with Crippen LogP contribution in [0.25, 0.3) is 10.9 Å². The Bertz CT molecular complexity index is 923. The van der Waals surface area contributed by atoms with Gasteiger partial charge < -0.3 is 0 Å². The monoisotopic (exact) mass is 342 g/mol. The summed E-state index contributed by atoms with van der Waals surface area (Å²) in [5, 5.41) is 1.25. The van der Waals surface area contributed by atoms with Gasteiger partial charge in [-0.2, -0.15) is 0 Å². The largest absolute Gasteiger partial charge is 0.284 e. The summed E-state index contributed by atoms with van der Waals surface area (Å²) in [5.74, 6) is 0.205. The maximum absolute atomic E-state index is 13.8. The number of fused-ring (bicyclic) bond motifs is 1. The van der Waals surface area contributed by atoms with Crippen LogP contribution in [-0.2, 0) is 5.75 Å². The summed E-state index contributed by atoms with van der Waals surface area (Å²) in [6.07, 6.45) is 0.827. The Kier molecular flexibility index (Phi) is 5.00. The van der Waals surface area contributed by atoms with Crippen molar-refractivity contribution < 1.29 is 4.39 Å². The molecular weight excluding hydrogens is 323 g/mol. The van der Waals surface area contributed by atoms with E-state index in [0.29, 0.717) is 27.4 Å². The van der Waals surface area contributed by atoms with Crippen LogP contribution in [0.1, 0.15) is 31.9 Å². The van der Waals surface area contributed by atoms with Crippen LogP contribution in [0.3, 0.4) is 0 Å². The van der Waals surface area contributed by atoms with Crippen molar-refractivity contribution in [3.63, 3.8) is 0 Å². The second-order valence-electron chi connectivity index (χ2n) is 5.72. The molecule has 3 aromatic rings. The fourth-order valence-corrected chi connectivity index (χ4v) is 3.64. The highest BCUT2D eigenvalue weighted by Crippen LogP contribution is 2.26. The Hall–Kier alpha value is -2.14. The van der Waals surface area contributed by atoms with Gasteiger partial charge in [-0.15, -0.1) is 0 Å². The fourth-order valence-electron chi connectivity index (χ4n) is 2.56. The number of rotatable bonds is 5. The minimum Gasteiger partial charge on any atom is -0.284 e. The molecule has 124 valence electrons. The summed E-state index contributed by atoms with van der Waals surface area (Å²) in [7, 11) is 0. The Balaban J connectivity index is 2.05. The first-order chi connectivity index (χ1) is 11.6. The molecule has 3 nitrogen and oxygen atoms in total. The summed E-state index contributed by atoms with van der Waals surface area (Å²) in [6.45, 7) is 4.04. The Morgan fingerprint density at radius 3 is 2.62 bits per heavy atom. The summed E-state index contributed by atoms with van der Waals surface area (Å²) in [6, 6.07) is 14.1. The average molecular weight is 342 g/mol. The lowest BCUT2D eigenvalue weighted by Gasteiger charge is -2.18. The van der Waals surface area contributed by atoms with E-state index in [2.05, 4.69) is 4.98 Å². The first-order valence-corrected chi connectivity index (χ1v) is 8.98. The van der Waals surface area contributed by atoms with Crippen molar-refractivity contribution in [2.24, 2.45) is 0 Å². The number of benzene rings is 2. The molecule has 3 rings (SSSR count). The molecule has 0 unspecified atom stereocenters. The zero-order valence-electron chi connectivity index (χ0n) is 13.7. The van der Waals surface area contributed by atoms with E-state index in [1.165, 1.54) is 17.8 Å². The second kappa shape index (κ2) is 7.18. The van der Waals surface area contributed by atoms with E-state index in [1.807, 2.05) is 38.1 Å². The maximum Gasteiger partial charge on any atom is 0.262 e. The smallest absolute Gasteiger partial charge is 0.262 e. The lowest BCUT2D eigenvalue weighted by Crippen LogP contribution is -2.26. The van der Waals surface area contributed by atoms with Gasteiger partial charge in [0.15, 0.2) is 5.16 Å². The van der Waals surface area contributed by atoms with Crippen molar-refractivity contribution >= 4 is 22.7 Å². The van der Waals surface area contributed by atoms with E-state index >= 15 is 0 Å². The molecule has 2 aromatic carbocycles. The highest BCUT2D eigenvalue weighted by atomic mass is 32.2. The highest BCUT2D eigenvalue weighted by molar-refractivity contribution is 7.98. The molecule has 0 saturated heterocycles. The van der Waals surface area contributed by atoms with Gasteiger partial charge >= 0.3 is 0 Å². The molecule has 0 saturated carbocycles. The third-order valence-corrected chi connectivity index (χ3v) is 5.12. The number of nitrogens with zero attached hydrogens (tertiary/aromatic N) is 2. The van der Waals surface area contributed by atoms with Crippen LogP contribution >= 0.6 is 11.8 Å². The van der Waals surface area contributed by atoms with Gasteiger partial charge in [0.2, 0.25) is 0 Å². The third kappa shape index (κ3) is 3.22. The van der Waals surface area contributed by atoms with Crippen LogP contribution in [0, 0.1) is 5.82 Å². The average Bonchev–Trinajstić information content (AvgIpc) is 2.60. The van der Waals surface area contributed by atoms with Gasteiger partial charge in [-0.25, -0.2) is 9.37 Å². The molecule has 0 N–H and O–H groups in total. The van der Waals surface area contributed by atoms with Crippen molar-refractivity contribution in [2.75, 3.05) is 0 Å². The first-order valence-electron chi connectivity index (χ1n) is 7.99. The van der Waals surface area contributed by atoms with E-state index in [0.717, 1.165) is 6.42 Å². The number of para-hydroxylation sites is 1. The molecule has 0 fully saturated rings. The molecule has 1 aromatic heterocycles. The van der Waals surface area contributed by atoms with Crippen molar-refractivity contribution in [2.45, 2.75) is 37.2 Å². The number of hydrogen-bond acceptors (Lipinski definition) is 3. The van der Waals surface area contributed by atoms with Crippen LogP contribution in [0.5, 0.6) is 0 Å². The molecule has 0 aliphatic heterocycles. The molecule has 5 heteroatoms. The Morgan fingerprint density at radius 2 is 1.88 bits per heavy atom. The van der Waals surface area contributed by atoms with Gasteiger partial charge in [0, 0.05) is 11.8 Å². The predicted molar refractivity (Wildman–Crippen MR) is 97.0 cm³/mol. The van der Waals surface area contributed by atoms with E-state index < -0.39 is 0 Å². The molecule has 0 aliphatic carbocycles. The van der Waals surface area contributed by atoms with Crippen molar-refractivity contribution in [1.29, 1.82) is 0 Å². The molecule has 0 amide bonds. The van der Waals surface area contributed by atoms with Crippen LogP contribution in [0.4, 0.5) is 4.39 Å². The third-order valence-electron chi connectivity index (χ3n) is 4.12. The van der Waals surface area contributed by atoms with Gasteiger partial charge in [0.25, 0.3) is 5.56 Å². The summed E-state index contributed by atoms with van der Waals surface area (Å²) >= 11 is 1.40. The zero-order chi connectivity index (χ0) is 17.1. The molecule has 0 radical (unpaired) electrons. The minimum atomic E-state index is -0.233. The summed E-state index contributed by atoms with van der Waals surface area (Å²) in [4.78, 5) is 17.5. The molecule has 1 heterocycles. The lowest BCUT2D eigenvalue weighted by molar-refractivity contribution is 0.468. The summed E-state index contributed by atoms with van der Waals surface area (Å²) in [5.41, 5.74) is 1.25. The topological polar surface area (TPSA) is 34.9 Å². The fraction of sp³-hybridized carbons (Fsp3) is 0.263. The molecule has 0 spiro atoms. The van der Waals surface area contributed by atoms with Crippen molar-refractivity contribution in [1.82, 2.24) is 9.55 Å². The Labute approximate surface area is 144 Å². The van der Waals surface area contributed by atoms with Gasteiger partial charge in [-0.05, 0) is 37.1 Å². The molecule has 24 heavy (non-hydrogen) atoms. The van der Waals surface area contributed by atoms with Gasteiger partial charge in [0.05, 0.1) is 10.9 Å². The molecule has 0 aliphatic rings. The minimum absolute atomic E-state index is 0.0361. The first kappa shape index (κ1) is 16.7. The molecule has 1 atom stereocenters. The quantitative estimate of drug-likeness (QED) is 0.493. The number of hydrogen-bond donors (Lipinski definition) is 0. The van der Waals surface area contributed by atoms with Crippen molar-refractivity contribution in [3.05, 3.63) is 70.3 Å². The van der Waals surface area contributed by atoms with Gasteiger partial charge in [-0.3, -0.25) is 9.36 Å². The number of halogens is 1. The molecular formula is C19H19FN2OS. The van der Waals surface area contributed by atoms with E-state index in [-0.39, 0.29) is 17.4 Å².